The molecule has 0 aliphatic heterocycles. The molecule has 128 valence electrons. The third-order valence-corrected chi connectivity index (χ3v) is 3.54. The van der Waals surface area contributed by atoms with Crippen LogP contribution in [0.5, 0.6) is 0 Å². The van der Waals surface area contributed by atoms with Gasteiger partial charge in [0.1, 0.15) is 11.3 Å². The molecule has 3 aromatic heterocycles. The molecule has 1 N–H and O–H groups in total. The average Bonchev–Trinajstić information content (AvgIpc) is 3.14. The van der Waals surface area contributed by atoms with Gasteiger partial charge in [-0.2, -0.15) is 5.10 Å². The normalized spacial score (nSPS) is 10.6. The van der Waals surface area contributed by atoms with E-state index in [1.54, 1.807) is 49.1 Å². The lowest BCUT2D eigenvalue weighted by molar-refractivity contribution is -0.123. The fraction of sp³-hybridized carbons (Fsp3) is 0.188. The second-order valence-corrected chi connectivity index (χ2v) is 5.31. The zero-order valence-electron chi connectivity index (χ0n) is 13.6. The van der Waals surface area contributed by atoms with Crippen LogP contribution in [0.25, 0.3) is 5.65 Å². The van der Waals surface area contributed by atoms with Gasteiger partial charge in [0.05, 0.1) is 5.69 Å². The van der Waals surface area contributed by atoms with E-state index < -0.39 is 24.4 Å². The number of rotatable bonds is 4. The SMILES string of the molecule is Cc1nn2cccnc2c1C(=O)OCC(=O)NC(=O)c1cccn1C. The Morgan fingerprint density at radius 1 is 1.24 bits per heavy atom. The predicted molar refractivity (Wildman–Crippen MR) is 85.9 cm³/mol. The minimum absolute atomic E-state index is 0.183. The summed E-state index contributed by atoms with van der Waals surface area (Å²) in [4.78, 5) is 40.1. The zero-order valence-corrected chi connectivity index (χ0v) is 13.6. The van der Waals surface area contributed by atoms with Crippen molar-refractivity contribution in [3.63, 3.8) is 0 Å². The van der Waals surface area contributed by atoms with Crippen LogP contribution < -0.4 is 5.32 Å². The minimum atomic E-state index is -0.729. The Hall–Kier alpha value is -3.49. The molecule has 0 unspecified atom stereocenters. The Morgan fingerprint density at radius 2 is 2.04 bits per heavy atom. The van der Waals surface area contributed by atoms with Crippen molar-refractivity contribution < 1.29 is 19.1 Å². The predicted octanol–water partition coefficient (Wildman–Crippen LogP) is 0.490. The Balaban J connectivity index is 1.64. The molecular formula is C16H15N5O4. The van der Waals surface area contributed by atoms with Gasteiger partial charge in [-0.05, 0) is 25.1 Å². The third-order valence-electron chi connectivity index (χ3n) is 3.54. The van der Waals surface area contributed by atoms with Crippen molar-refractivity contribution in [3.8, 4) is 0 Å². The number of esters is 1. The van der Waals surface area contributed by atoms with Gasteiger partial charge in [-0.25, -0.2) is 14.3 Å². The summed E-state index contributed by atoms with van der Waals surface area (Å²) in [7, 11) is 1.68. The quantitative estimate of drug-likeness (QED) is 0.692. The van der Waals surface area contributed by atoms with Crippen LogP contribution >= 0.6 is 0 Å². The Morgan fingerprint density at radius 3 is 2.76 bits per heavy atom. The minimum Gasteiger partial charge on any atom is -0.452 e. The van der Waals surface area contributed by atoms with E-state index >= 15 is 0 Å². The second-order valence-electron chi connectivity index (χ2n) is 5.31. The maximum absolute atomic E-state index is 12.2. The number of hydrogen-bond donors (Lipinski definition) is 1. The van der Waals surface area contributed by atoms with Gasteiger partial charge >= 0.3 is 5.97 Å². The van der Waals surface area contributed by atoms with Gasteiger partial charge < -0.3 is 9.30 Å². The number of nitrogens with one attached hydrogen (secondary N) is 1. The van der Waals surface area contributed by atoms with Crippen molar-refractivity contribution in [1.29, 1.82) is 0 Å². The first-order valence-electron chi connectivity index (χ1n) is 7.40. The number of aryl methyl sites for hydroxylation is 2. The lowest BCUT2D eigenvalue weighted by Crippen LogP contribution is -2.35. The average molecular weight is 341 g/mol. The summed E-state index contributed by atoms with van der Waals surface area (Å²) in [5.41, 5.74) is 1.28. The molecular weight excluding hydrogens is 326 g/mol. The lowest BCUT2D eigenvalue weighted by atomic mass is 10.2. The molecule has 0 radical (unpaired) electrons. The number of imide groups is 1. The van der Waals surface area contributed by atoms with Gasteiger partial charge in [0.2, 0.25) is 0 Å². The van der Waals surface area contributed by atoms with Crippen LogP contribution in [0, 0.1) is 6.92 Å². The van der Waals surface area contributed by atoms with E-state index in [1.165, 1.54) is 10.7 Å². The summed E-state index contributed by atoms with van der Waals surface area (Å²) in [5.74, 6) is -2.02. The van der Waals surface area contributed by atoms with Crippen LogP contribution in [0.2, 0.25) is 0 Å². The number of aromatic nitrogens is 4. The van der Waals surface area contributed by atoms with Crippen molar-refractivity contribution in [1.82, 2.24) is 24.5 Å². The smallest absolute Gasteiger partial charge is 0.344 e. The highest BCUT2D eigenvalue weighted by molar-refractivity contribution is 6.05. The molecule has 0 aromatic carbocycles. The lowest BCUT2D eigenvalue weighted by Gasteiger charge is -2.06. The van der Waals surface area contributed by atoms with Gasteiger partial charge in [0.25, 0.3) is 11.8 Å². The summed E-state index contributed by atoms with van der Waals surface area (Å²) >= 11 is 0. The molecule has 0 spiro atoms. The summed E-state index contributed by atoms with van der Waals surface area (Å²) in [5, 5.41) is 6.31. The summed E-state index contributed by atoms with van der Waals surface area (Å²) < 4.78 is 8.00. The van der Waals surface area contributed by atoms with Crippen LogP contribution in [0.3, 0.4) is 0 Å². The fourth-order valence-corrected chi connectivity index (χ4v) is 2.36. The van der Waals surface area contributed by atoms with Crippen LogP contribution in [0.4, 0.5) is 0 Å². The molecule has 0 saturated carbocycles. The van der Waals surface area contributed by atoms with E-state index in [4.69, 9.17) is 4.74 Å². The molecule has 3 aromatic rings. The molecule has 0 bridgehead atoms. The summed E-state index contributed by atoms with van der Waals surface area (Å²) in [6, 6.07) is 4.93. The summed E-state index contributed by atoms with van der Waals surface area (Å²) in [6.07, 6.45) is 4.86. The fourth-order valence-electron chi connectivity index (χ4n) is 2.36. The van der Waals surface area contributed by atoms with E-state index in [2.05, 4.69) is 15.4 Å². The van der Waals surface area contributed by atoms with Crippen LogP contribution in [0.15, 0.2) is 36.8 Å². The highest BCUT2D eigenvalue weighted by Crippen LogP contribution is 2.13. The number of ether oxygens (including phenoxy) is 1. The molecule has 0 aliphatic rings. The molecule has 0 saturated heterocycles. The molecule has 0 aliphatic carbocycles. The standard InChI is InChI=1S/C16H15N5O4/c1-10-13(14-17-6-4-8-21(14)19-10)16(24)25-9-12(22)18-15(23)11-5-3-7-20(11)2/h3-8H,9H2,1-2H3,(H,18,22,23). The first-order valence-corrected chi connectivity index (χ1v) is 7.40. The van der Waals surface area contributed by atoms with E-state index in [-0.39, 0.29) is 5.56 Å². The third kappa shape index (κ3) is 3.25. The number of hydrogen-bond acceptors (Lipinski definition) is 6. The van der Waals surface area contributed by atoms with Gasteiger partial charge in [0.15, 0.2) is 12.3 Å². The first kappa shape index (κ1) is 16.4. The van der Waals surface area contributed by atoms with Gasteiger partial charge in [0, 0.05) is 25.6 Å². The molecule has 0 fully saturated rings. The van der Waals surface area contributed by atoms with E-state index in [9.17, 15) is 14.4 Å². The molecule has 0 atom stereocenters. The molecule has 25 heavy (non-hydrogen) atoms. The van der Waals surface area contributed by atoms with Crippen molar-refractivity contribution in [3.05, 3.63) is 53.7 Å². The van der Waals surface area contributed by atoms with Gasteiger partial charge in [-0.3, -0.25) is 14.9 Å². The van der Waals surface area contributed by atoms with E-state index in [1.807, 2.05) is 0 Å². The summed E-state index contributed by atoms with van der Waals surface area (Å²) in [6.45, 7) is 1.06. The van der Waals surface area contributed by atoms with Crippen molar-refractivity contribution in [2.75, 3.05) is 6.61 Å². The second kappa shape index (κ2) is 6.56. The van der Waals surface area contributed by atoms with Crippen molar-refractivity contribution in [2.24, 2.45) is 7.05 Å². The van der Waals surface area contributed by atoms with E-state index in [0.717, 1.165) is 0 Å². The molecule has 3 rings (SSSR count). The number of carbonyl (C=O) groups is 3. The highest BCUT2D eigenvalue weighted by atomic mass is 16.5. The van der Waals surface area contributed by atoms with Crippen LogP contribution in [0.1, 0.15) is 26.5 Å². The van der Waals surface area contributed by atoms with Crippen LogP contribution in [-0.4, -0.2) is 43.6 Å². The van der Waals surface area contributed by atoms with Crippen molar-refractivity contribution in [2.45, 2.75) is 6.92 Å². The maximum atomic E-state index is 12.2. The molecule has 9 nitrogen and oxygen atoms in total. The van der Waals surface area contributed by atoms with Crippen molar-refractivity contribution >= 4 is 23.4 Å². The van der Waals surface area contributed by atoms with Gasteiger partial charge in [-0.1, -0.05) is 0 Å². The molecule has 9 heteroatoms. The molecule has 2 amide bonds. The topological polar surface area (TPSA) is 108 Å². The largest absolute Gasteiger partial charge is 0.452 e. The Labute approximate surface area is 142 Å². The highest BCUT2D eigenvalue weighted by Gasteiger charge is 2.21. The van der Waals surface area contributed by atoms with Crippen LogP contribution in [-0.2, 0) is 16.6 Å². The number of amides is 2. The Bertz CT molecular complexity index is 972. The van der Waals surface area contributed by atoms with Gasteiger partial charge in [-0.15, -0.1) is 0 Å². The Kier molecular flexibility index (Phi) is 4.29. The zero-order chi connectivity index (χ0) is 18.0. The first-order chi connectivity index (χ1) is 12.0. The number of fused-ring (bicyclic) bond motifs is 1. The monoisotopic (exact) mass is 341 g/mol. The van der Waals surface area contributed by atoms with E-state index in [0.29, 0.717) is 17.0 Å². The number of carbonyl (C=O) groups excluding carboxylic acids is 3. The molecule has 3 heterocycles. The maximum Gasteiger partial charge on any atom is 0.344 e. The number of nitrogens with zero attached hydrogens (tertiary/aromatic N) is 4.